The van der Waals surface area contributed by atoms with Crippen LogP contribution in [0.3, 0.4) is 0 Å². The topological polar surface area (TPSA) is 51.6 Å². The minimum absolute atomic E-state index is 0.109. The fraction of sp³-hybridized carbons (Fsp3) is 0.222. The molecule has 8 heteroatoms. The van der Waals surface area contributed by atoms with Crippen LogP contribution in [0.1, 0.15) is 41.7 Å². The second-order valence-electron chi connectivity index (χ2n) is 7.87. The van der Waals surface area contributed by atoms with Gasteiger partial charge >= 0.3 is 6.18 Å². The average molecular weight is 504 g/mol. The molecule has 1 atom stereocenters. The summed E-state index contributed by atoms with van der Waals surface area (Å²) >= 11 is 6.18. The number of alkyl halides is 3. The summed E-state index contributed by atoms with van der Waals surface area (Å²) in [6, 6.07) is 12.2. The van der Waals surface area contributed by atoms with Crippen LogP contribution >= 0.6 is 11.6 Å². The molecule has 0 aliphatic heterocycles. The maximum Gasteiger partial charge on any atom is 0.416 e. The van der Waals surface area contributed by atoms with Gasteiger partial charge < -0.3 is 14.6 Å². The molecule has 0 aliphatic carbocycles. The number of benzene rings is 2. The van der Waals surface area contributed by atoms with E-state index in [-0.39, 0.29) is 23.1 Å². The van der Waals surface area contributed by atoms with Crippen LogP contribution in [-0.4, -0.2) is 10.1 Å². The van der Waals surface area contributed by atoms with E-state index in [0.29, 0.717) is 40.9 Å². The van der Waals surface area contributed by atoms with Gasteiger partial charge in [0.05, 0.1) is 10.6 Å². The van der Waals surface area contributed by atoms with Crippen LogP contribution in [0, 0.1) is 0 Å². The number of ether oxygens (including phenoxy) is 2. The van der Waals surface area contributed by atoms with E-state index in [2.05, 4.69) is 18.1 Å². The number of aliphatic hydroxyl groups is 1. The summed E-state index contributed by atoms with van der Waals surface area (Å²) in [5.74, 6) is 0.797. The molecule has 2 aromatic carbocycles. The third-order valence-corrected chi connectivity index (χ3v) is 5.47. The fourth-order valence-electron chi connectivity index (χ4n) is 3.35. The van der Waals surface area contributed by atoms with Gasteiger partial charge in [0.25, 0.3) is 0 Å². The van der Waals surface area contributed by atoms with Crippen molar-refractivity contribution >= 4 is 11.6 Å². The van der Waals surface area contributed by atoms with Crippen molar-refractivity contribution in [1.29, 1.82) is 0 Å². The summed E-state index contributed by atoms with van der Waals surface area (Å²) in [5, 5.41) is 10.3. The second-order valence-corrected chi connectivity index (χ2v) is 8.28. The van der Waals surface area contributed by atoms with Crippen molar-refractivity contribution < 1.29 is 27.8 Å². The molecule has 184 valence electrons. The van der Waals surface area contributed by atoms with E-state index in [1.54, 1.807) is 42.6 Å². The molecule has 0 amide bonds. The van der Waals surface area contributed by atoms with Gasteiger partial charge in [-0.3, -0.25) is 4.98 Å². The Bertz CT molecular complexity index is 1200. The lowest BCUT2D eigenvalue weighted by Crippen LogP contribution is -2.07. The van der Waals surface area contributed by atoms with E-state index >= 15 is 0 Å². The molecule has 0 fully saturated rings. The molecule has 1 unspecified atom stereocenters. The minimum Gasteiger partial charge on any atom is -0.489 e. The van der Waals surface area contributed by atoms with Gasteiger partial charge in [0.2, 0.25) is 0 Å². The van der Waals surface area contributed by atoms with E-state index in [1.165, 1.54) is 6.20 Å². The number of hydrogen-bond donors (Lipinski definition) is 1. The molecule has 0 aliphatic rings. The van der Waals surface area contributed by atoms with Crippen LogP contribution in [0.5, 0.6) is 11.5 Å². The zero-order valence-electron chi connectivity index (χ0n) is 19.1. The van der Waals surface area contributed by atoms with Crippen LogP contribution in [0.2, 0.25) is 5.02 Å². The number of aryl methyl sites for hydroxylation is 1. The number of hydrogen-bond acceptors (Lipinski definition) is 4. The summed E-state index contributed by atoms with van der Waals surface area (Å²) in [4.78, 5) is 3.98. The molecule has 3 rings (SSSR count). The first-order chi connectivity index (χ1) is 16.6. The molecule has 3 aromatic rings. The van der Waals surface area contributed by atoms with Gasteiger partial charge in [-0.15, -0.1) is 0 Å². The Morgan fingerprint density at radius 2 is 1.91 bits per heavy atom. The van der Waals surface area contributed by atoms with Gasteiger partial charge in [-0.1, -0.05) is 56.3 Å². The summed E-state index contributed by atoms with van der Waals surface area (Å²) in [6.45, 7) is 9.66. The second kappa shape index (κ2) is 11.4. The highest BCUT2D eigenvalue weighted by Gasteiger charge is 2.32. The minimum atomic E-state index is -4.50. The molecule has 4 nitrogen and oxygen atoms in total. The number of pyridine rings is 1. The number of nitrogens with zero attached hydrogens (tertiary/aromatic N) is 1. The quantitative estimate of drug-likeness (QED) is 0.226. The Balaban J connectivity index is 1.72. The highest BCUT2D eigenvalue weighted by atomic mass is 35.5. The first-order valence-electron chi connectivity index (χ1n) is 10.9. The van der Waals surface area contributed by atoms with Crippen molar-refractivity contribution in [1.82, 2.24) is 4.98 Å². The summed E-state index contributed by atoms with van der Waals surface area (Å²) in [5.41, 5.74) is 1.14. The summed E-state index contributed by atoms with van der Waals surface area (Å²) in [7, 11) is 0. The van der Waals surface area contributed by atoms with Gasteiger partial charge in [0, 0.05) is 23.5 Å². The van der Waals surface area contributed by atoms with Gasteiger partial charge in [-0.05, 0) is 47.9 Å². The van der Waals surface area contributed by atoms with E-state index in [9.17, 15) is 18.3 Å². The zero-order chi connectivity index (χ0) is 25.6. The molecule has 1 heterocycles. The van der Waals surface area contributed by atoms with E-state index in [1.807, 2.05) is 6.92 Å². The van der Waals surface area contributed by atoms with Gasteiger partial charge in [-0.2, -0.15) is 13.2 Å². The van der Waals surface area contributed by atoms with E-state index in [4.69, 9.17) is 21.1 Å². The number of aliphatic hydroxyl groups excluding tert-OH is 1. The Morgan fingerprint density at radius 1 is 1.14 bits per heavy atom. The molecule has 1 aromatic heterocycles. The normalized spacial score (nSPS) is 12.2. The molecule has 0 bridgehead atoms. The summed E-state index contributed by atoms with van der Waals surface area (Å²) in [6.07, 6.45) is -1.38. The molecular weight excluding hydrogens is 479 g/mol. The standard InChI is InChI=1S/C27H25ClF3NO3/c1-4-7-20-13-22(27(29,30)31)14-24(28)26(20)35-23-10-5-8-19(12-23)16-34-18(3)17(2)25(33)21-9-6-11-32-15-21/h5-6,8-15,25,33H,2-4,7,16H2,1H3. The Morgan fingerprint density at radius 3 is 2.57 bits per heavy atom. The van der Waals surface area contributed by atoms with Crippen molar-refractivity contribution in [3.63, 3.8) is 0 Å². The predicted molar refractivity (Wildman–Crippen MR) is 129 cm³/mol. The van der Waals surface area contributed by atoms with E-state index in [0.717, 1.165) is 12.1 Å². The zero-order valence-corrected chi connectivity index (χ0v) is 19.9. The third kappa shape index (κ3) is 6.87. The SMILES string of the molecule is C=C(OCc1cccc(Oc2c(Cl)cc(C(F)(F)F)cc2CCC)c1)C(=C)C(O)c1cccnc1. The summed E-state index contributed by atoms with van der Waals surface area (Å²) < 4.78 is 51.2. The van der Waals surface area contributed by atoms with Crippen LogP contribution in [0.25, 0.3) is 0 Å². The van der Waals surface area contributed by atoms with Crippen molar-refractivity contribution in [3.8, 4) is 11.5 Å². The van der Waals surface area contributed by atoms with Gasteiger partial charge in [0.15, 0.2) is 0 Å². The molecule has 35 heavy (non-hydrogen) atoms. The van der Waals surface area contributed by atoms with Crippen molar-refractivity contribution in [3.05, 3.63) is 113 Å². The first kappa shape index (κ1) is 26.3. The van der Waals surface area contributed by atoms with E-state index < -0.39 is 17.8 Å². The van der Waals surface area contributed by atoms with Crippen LogP contribution in [0.4, 0.5) is 13.2 Å². The molecule has 0 saturated carbocycles. The highest BCUT2D eigenvalue weighted by molar-refractivity contribution is 6.32. The molecule has 0 saturated heterocycles. The molecular formula is C27H25ClF3NO3. The van der Waals surface area contributed by atoms with Gasteiger partial charge in [0.1, 0.15) is 30.0 Å². The van der Waals surface area contributed by atoms with Gasteiger partial charge in [-0.25, -0.2) is 0 Å². The number of rotatable bonds is 10. The maximum absolute atomic E-state index is 13.2. The first-order valence-corrected chi connectivity index (χ1v) is 11.2. The number of aromatic nitrogens is 1. The predicted octanol–water partition coefficient (Wildman–Crippen LogP) is 7.82. The third-order valence-electron chi connectivity index (χ3n) is 5.19. The van der Waals surface area contributed by atoms with Crippen molar-refractivity contribution in [2.24, 2.45) is 0 Å². The largest absolute Gasteiger partial charge is 0.489 e. The Kier molecular flexibility index (Phi) is 8.59. The van der Waals surface area contributed by atoms with Crippen LogP contribution in [0.15, 0.2) is 85.4 Å². The average Bonchev–Trinajstić information content (AvgIpc) is 2.84. The molecule has 1 N–H and O–H groups in total. The Labute approximate surface area is 207 Å². The molecule has 0 spiro atoms. The van der Waals surface area contributed by atoms with Crippen molar-refractivity contribution in [2.45, 2.75) is 38.7 Å². The van der Waals surface area contributed by atoms with Crippen LogP contribution in [-0.2, 0) is 23.9 Å². The smallest absolute Gasteiger partial charge is 0.416 e. The van der Waals surface area contributed by atoms with Crippen molar-refractivity contribution in [2.75, 3.05) is 0 Å². The molecule has 0 radical (unpaired) electrons. The number of halogens is 4. The van der Waals surface area contributed by atoms with Crippen LogP contribution < -0.4 is 4.74 Å². The maximum atomic E-state index is 13.2. The highest BCUT2D eigenvalue weighted by Crippen LogP contribution is 2.40. The Hall–Kier alpha value is -3.29. The fourth-order valence-corrected chi connectivity index (χ4v) is 3.63. The monoisotopic (exact) mass is 503 g/mol. The lowest BCUT2D eigenvalue weighted by atomic mass is 10.0. The lowest BCUT2D eigenvalue weighted by Gasteiger charge is -2.18. The lowest BCUT2D eigenvalue weighted by molar-refractivity contribution is -0.137.